The maximum atomic E-state index is 11.8. The molecule has 0 radical (unpaired) electrons. The Labute approximate surface area is 111 Å². The van der Waals surface area contributed by atoms with Crippen molar-refractivity contribution in [2.75, 3.05) is 19.7 Å². The number of ether oxygens (including phenoxy) is 2. The van der Waals surface area contributed by atoms with E-state index in [1.54, 1.807) is 4.90 Å². The summed E-state index contributed by atoms with van der Waals surface area (Å²) in [6.07, 6.45) is 0.319. The third-order valence-corrected chi connectivity index (χ3v) is 4.32. The van der Waals surface area contributed by atoms with E-state index in [1.807, 2.05) is 20.8 Å². The smallest absolute Gasteiger partial charge is 0.410 e. The number of rotatable bonds is 1. The highest BCUT2D eigenvalue weighted by Crippen LogP contribution is 2.66. The van der Waals surface area contributed by atoms with Gasteiger partial charge in [-0.3, -0.25) is 4.79 Å². The molecule has 0 bridgehead atoms. The van der Waals surface area contributed by atoms with E-state index in [9.17, 15) is 14.7 Å². The van der Waals surface area contributed by atoms with Crippen LogP contribution in [0.1, 0.15) is 27.2 Å². The summed E-state index contributed by atoms with van der Waals surface area (Å²) in [4.78, 5) is 24.6. The van der Waals surface area contributed by atoms with Crippen molar-refractivity contribution in [3.63, 3.8) is 0 Å². The van der Waals surface area contributed by atoms with Crippen LogP contribution >= 0.6 is 0 Å². The van der Waals surface area contributed by atoms with Crippen LogP contribution in [0.4, 0.5) is 4.79 Å². The number of carbonyl (C=O) groups excluding carboxylic acids is 1. The second kappa shape index (κ2) is 3.42. The lowest BCUT2D eigenvalue weighted by Gasteiger charge is -2.48. The van der Waals surface area contributed by atoms with E-state index in [0.29, 0.717) is 19.5 Å². The summed E-state index contributed by atoms with van der Waals surface area (Å²) in [7, 11) is 0. The van der Waals surface area contributed by atoms with Crippen molar-refractivity contribution in [3.8, 4) is 0 Å². The zero-order valence-electron chi connectivity index (χ0n) is 11.4. The number of aliphatic carboxylic acids is 1. The number of fused-ring (bicyclic) bond motifs is 2. The highest BCUT2D eigenvalue weighted by Gasteiger charge is 2.77. The average molecular weight is 269 g/mol. The molecule has 1 saturated carbocycles. The Morgan fingerprint density at radius 2 is 2.00 bits per heavy atom. The SMILES string of the molecule is CC(C)(C)OC(=O)N1CC2(C1)OCC1(C(=O)O)CC21. The van der Waals surface area contributed by atoms with Crippen LogP contribution in [-0.2, 0) is 14.3 Å². The summed E-state index contributed by atoms with van der Waals surface area (Å²) in [6.45, 7) is 6.63. The number of nitrogens with zero attached hydrogens (tertiary/aromatic N) is 1. The molecule has 2 unspecified atom stereocenters. The summed E-state index contributed by atoms with van der Waals surface area (Å²) in [5.41, 5.74) is -1.63. The summed E-state index contributed by atoms with van der Waals surface area (Å²) < 4.78 is 11.0. The third-order valence-electron chi connectivity index (χ3n) is 4.32. The lowest BCUT2D eigenvalue weighted by atomic mass is 9.87. The highest BCUT2D eigenvalue weighted by atomic mass is 16.6. The Kier molecular flexibility index (Phi) is 2.29. The molecule has 1 spiro atoms. The zero-order chi connectivity index (χ0) is 14.1. The standard InChI is InChI=1S/C13H19NO5/c1-11(2,3)19-10(17)14-5-13(6-14)8-4-12(8,7-18-13)9(15)16/h8H,4-7H2,1-3H3,(H,15,16). The minimum absolute atomic E-state index is 0.0520. The molecular formula is C13H19NO5. The van der Waals surface area contributed by atoms with Crippen LogP contribution in [0.25, 0.3) is 0 Å². The largest absolute Gasteiger partial charge is 0.481 e. The number of amides is 1. The molecule has 3 rings (SSSR count). The van der Waals surface area contributed by atoms with Crippen LogP contribution in [0.3, 0.4) is 0 Å². The number of hydrogen-bond donors (Lipinski definition) is 1. The van der Waals surface area contributed by atoms with Crippen molar-refractivity contribution in [2.45, 2.75) is 38.4 Å². The maximum absolute atomic E-state index is 11.8. The van der Waals surface area contributed by atoms with Gasteiger partial charge in [0.25, 0.3) is 0 Å². The maximum Gasteiger partial charge on any atom is 0.410 e. The Hall–Kier alpha value is -1.30. The van der Waals surface area contributed by atoms with Crippen LogP contribution < -0.4 is 0 Å². The first kappa shape index (κ1) is 12.7. The molecule has 1 aliphatic carbocycles. The van der Waals surface area contributed by atoms with Crippen molar-refractivity contribution >= 4 is 12.1 Å². The molecule has 2 heterocycles. The number of carboxylic acid groups (broad SMARTS) is 1. The highest BCUT2D eigenvalue weighted by molar-refractivity contribution is 5.80. The van der Waals surface area contributed by atoms with Crippen LogP contribution in [0.2, 0.25) is 0 Å². The summed E-state index contributed by atoms with van der Waals surface area (Å²) in [5.74, 6) is -0.721. The molecule has 2 saturated heterocycles. The molecule has 0 aromatic heterocycles. The van der Waals surface area contributed by atoms with Crippen molar-refractivity contribution in [1.29, 1.82) is 0 Å². The molecule has 3 fully saturated rings. The molecule has 106 valence electrons. The monoisotopic (exact) mass is 269 g/mol. The van der Waals surface area contributed by atoms with Gasteiger partial charge in [0.15, 0.2) is 0 Å². The van der Waals surface area contributed by atoms with Gasteiger partial charge in [0, 0.05) is 5.92 Å². The minimum Gasteiger partial charge on any atom is -0.481 e. The quantitative estimate of drug-likeness (QED) is 0.771. The van der Waals surface area contributed by atoms with E-state index in [0.717, 1.165) is 0 Å². The predicted molar refractivity (Wildman–Crippen MR) is 64.7 cm³/mol. The van der Waals surface area contributed by atoms with Crippen molar-refractivity contribution in [3.05, 3.63) is 0 Å². The molecule has 6 heteroatoms. The van der Waals surface area contributed by atoms with E-state index in [2.05, 4.69) is 0 Å². The van der Waals surface area contributed by atoms with Gasteiger partial charge in [0.05, 0.1) is 25.1 Å². The van der Waals surface area contributed by atoms with Crippen LogP contribution in [-0.4, -0.2) is 53.0 Å². The first-order chi connectivity index (χ1) is 8.69. The van der Waals surface area contributed by atoms with E-state index in [1.165, 1.54) is 0 Å². The number of hydrogen-bond acceptors (Lipinski definition) is 4. The van der Waals surface area contributed by atoms with E-state index in [-0.39, 0.29) is 18.6 Å². The predicted octanol–water partition coefficient (Wildman–Crippen LogP) is 1.10. The first-order valence-electron chi connectivity index (χ1n) is 6.54. The van der Waals surface area contributed by atoms with Gasteiger partial charge in [0.1, 0.15) is 11.2 Å². The van der Waals surface area contributed by atoms with Crippen LogP contribution in [0.5, 0.6) is 0 Å². The fourth-order valence-electron chi connectivity index (χ4n) is 3.19. The van der Waals surface area contributed by atoms with E-state index < -0.39 is 22.6 Å². The van der Waals surface area contributed by atoms with Crippen LogP contribution in [0.15, 0.2) is 0 Å². The van der Waals surface area contributed by atoms with Gasteiger partial charge in [-0.15, -0.1) is 0 Å². The van der Waals surface area contributed by atoms with Crippen molar-refractivity contribution in [1.82, 2.24) is 4.90 Å². The van der Waals surface area contributed by atoms with Gasteiger partial charge in [-0.1, -0.05) is 0 Å². The summed E-state index contributed by atoms with van der Waals surface area (Å²) in [6, 6.07) is 0. The molecule has 19 heavy (non-hydrogen) atoms. The lowest BCUT2D eigenvalue weighted by Crippen LogP contribution is -2.65. The summed E-state index contributed by atoms with van der Waals surface area (Å²) >= 11 is 0. The van der Waals surface area contributed by atoms with E-state index >= 15 is 0 Å². The second-order valence-corrected chi connectivity index (χ2v) is 6.91. The zero-order valence-corrected chi connectivity index (χ0v) is 11.4. The Morgan fingerprint density at radius 3 is 2.42 bits per heavy atom. The van der Waals surface area contributed by atoms with Crippen molar-refractivity contribution < 1.29 is 24.2 Å². The van der Waals surface area contributed by atoms with Gasteiger partial charge >= 0.3 is 12.1 Å². The van der Waals surface area contributed by atoms with Gasteiger partial charge in [-0.2, -0.15) is 0 Å². The molecule has 6 nitrogen and oxygen atoms in total. The van der Waals surface area contributed by atoms with Gasteiger partial charge < -0.3 is 19.5 Å². The third kappa shape index (κ3) is 1.73. The molecule has 3 aliphatic rings. The van der Waals surface area contributed by atoms with E-state index in [4.69, 9.17) is 9.47 Å². The number of carboxylic acids is 1. The lowest BCUT2D eigenvalue weighted by molar-refractivity contribution is -0.146. The fourth-order valence-corrected chi connectivity index (χ4v) is 3.19. The Morgan fingerprint density at radius 1 is 1.37 bits per heavy atom. The molecular weight excluding hydrogens is 250 g/mol. The molecule has 2 atom stereocenters. The fraction of sp³-hybridized carbons (Fsp3) is 0.846. The van der Waals surface area contributed by atoms with Crippen LogP contribution in [0, 0.1) is 11.3 Å². The molecule has 1 amide bonds. The number of carbonyl (C=O) groups is 2. The molecule has 2 aliphatic heterocycles. The topological polar surface area (TPSA) is 76.1 Å². The molecule has 0 aromatic rings. The second-order valence-electron chi connectivity index (χ2n) is 6.91. The van der Waals surface area contributed by atoms with Crippen molar-refractivity contribution in [2.24, 2.45) is 11.3 Å². The van der Waals surface area contributed by atoms with Gasteiger partial charge in [-0.25, -0.2) is 4.79 Å². The van der Waals surface area contributed by atoms with Gasteiger partial charge in [-0.05, 0) is 27.2 Å². The Balaban J connectivity index is 1.60. The minimum atomic E-state index is -0.773. The normalized spacial score (nSPS) is 34.7. The molecule has 1 N–H and O–H groups in total. The van der Waals surface area contributed by atoms with Gasteiger partial charge in [0.2, 0.25) is 0 Å². The first-order valence-corrected chi connectivity index (χ1v) is 6.54. The summed E-state index contributed by atoms with van der Waals surface area (Å²) in [5, 5.41) is 9.21. The number of likely N-dealkylation sites (tertiary alicyclic amines) is 1. The Bertz CT molecular complexity index is 448. The molecule has 0 aromatic carbocycles. The average Bonchev–Trinajstić information content (AvgIpc) is 2.83.